The van der Waals surface area contributed by atoms with E-state index in [0.717, 1.165) is 42.0 Å². The van der Waals surface area contributed by atoms with E-state index in [2.05, 4.69) is 5.32 Å². The van der Waals surface area contributed by atoms with Crippen LogP contribution >= 0.6 is 0 Å². The summed E-state index contributed by atoms with van der Waals surface area (Å²) in [6.45, 7) is 5.19. The average molecular weight is 624 g/mol. The average Bonchev–Trinajstić information content (AvgIpc) is 3.02. The zero-order valence-electron chi connectivity index (χ0n) is 25.7. The molecule has 236 valence electrons. The van der Waals surface area contributed by atoms with Crippen LogP contribution in [-0.2, 0) is 26.2 Å². The van der Waals surface area contributed by atoms with Gasteiger partial charge in [0.25, 0.3) is 10.0 Å². The first kappa shape index (κ1) is 33.0. The van der Waals surface area contributed by atoms with Crippen LogP contribution in [0.5, 0.6) is 5.75 Å². The second-order valence-electron chi connectivity index (χ2n) is 11.1. The Morgan fingerprint density at radius 2 is 1.61 bits per heavy atom. The van der Waals surface area contributed by atoms with E-state index in [9.17, 15) is 22.4 Å². The lowest BCUT2D eigenvalue weighted by Crippen LogP contribution is -2.54. The lowest BCUT2D eigenvalue weighted by molar-refractivity contribution is -0.140. The maximum absolute atomic E-state index is 14.3. The molecule has 1 N–H and O–H groups in total. The van der Waals surface area contributed by atoms with Crippen LogP contribution in [0.3, 0.4) is 0 Å². The number of sulfonamides is 1. The van der Waals surface area contributed by atoms with E-state index in [1.165, 1.54) is 29.2 Å². The van der Waals surface area contributed by atoms with Gasteiger partial charge in [-0.15, -0.1) is 0 Å². The Labute approximate surface area is 260 Å². The number of benzene rings is 3. The van der Waals surface area contributed by atoms with E-state index in [1.54, 1.807) is 55.5 Å². The van der Waals surface area contributed by atoms with Gasteiger partial charge < -0.3 is 15.0 Å². The molecule has 1 fully saturated rings. The van der Waals surface area contributed by atoms with Gasteiger partial charge in [-0.2, -0.15) is 0 Å². The van der Waals surface area contributed by atoms with Crippen molar-refractivity contribution in [3.8, 4) is 5.75 Å². The highest BCUT2D eigenvalue weighted by molar-refractivity contribution is 7.92. The van der Waals surface area contributed by atoms with Crippen molar-refractivity contribution in [2.24, 2.45) is 0 Å². The number of amides is 2. The Balaban J connectivity index is 1.74. The minimum Gasteiger partial charge on any atom is -0.492 e. The van der Waals surface area contributed by atoms with Gasteiger partial charge in [-0.05, 0) is 75.1 Å². The van der Waals surface area contributed by atoms with Crippen LogP contribution in [0.4, 0.5) is 10.1 Å². The monoisotopic (exact) mass is 623 g/mol. The van der Waals surface area contributed by atoms with Gasteiger partial charge in [-0.25, -0.2) is 12.8 Å². The predicted octanol–water partition coefficient (Wildman–Crippen LogP) is 5.98. The first-order valence-electron chi connectivity index (χ1n) is 15.3. The van der Waals surface area contributed by atoms with Crippen LogP contribution in [0.1, 0.15) is 63.5 Å². The number of carbonyl (C=O) groups excluding carboxylic acids is 2. The molecule has 0 aromatic heterocycles. The number of nitrogens with one attached hydrogen (secondary N) is 1. The molecule has 3 aromatic rings. The number of para-hydroxylation sites is 2. The number of rotatable bonds is 13. The Morgan fingerprint density at radius 1 is 0.955 bits per heavy atom. The number of hydrogen-bond acceptors (Lipinski definition) is 5. The number of halogens is 1. The van der Waals surface area contributed by atoms with Crippen molar-refractivity contribution < 1.29 is 27.1 Å². The quantitative estimate of drug-likeness (QED) is 0.253. The number of anilines is 1. The Hall–Kier alpha value is -3.92. The number of ether oxygens (including phenoxy) is 1. The summed E-state index contributed by atoms with van der Waals surface area (Å²) in [7, 11) is -4.24. The van der Waals surface area contributed by atoms with Gasteiger partial charge in [-0.1, -0.05) is 68.1 Å². The third-order valence-corrected chi connectivity index (χ3v) is 9.70. The van der Waals surface area contributed by atoms with Crippen LogP contribution in [0.15, 0.2) is 77.7 Å². The van der Waals surface area contributed by atoms with Crippen molar-refractivity contribution in [3.05, 3.63) is 89.7 Å². The summed E-state index contributed by atoms with van der Waals surface area (Å²) in [5.41, 5.74) is 1.72. The fourth-order valence-electron chi connectivity index (χ4n) is 5.54. The molecule has 10 heteroatoms. The number of hydrogen-bond donors (Lipinski definition) is 1. The van der Waals surface area contributed by atoms with E-state index in [4.69, 9.17) is 4.74 Å². The standard InChI is InChI=1S/C34H42FN3O5S/c1-4-30(34(40)36-28-11-7-6-8-12-28)37(23-26-17-19-27(35)20-18-26)33(39)24-38(31-13-9-10-14-32(31)43-5-2)44(41,42)29-21-15-25(3)16-22-29/h9-10,13-22,28,30H,4-8,11-12,23-24H2,1-3H3,(H,36,40). The summed E-state index contributed by atoms with van der Waals surface area (Å²) in [5, 5.41) is 3.13. The van der Waals surface area contributed by atoms with Gasteiger partial charge in [0.05, 0.1) is 17.2 Å². The van der Waals surface area contributed by atoms with E-state index in [0.29, 0.717) is 24.3 Å². The fourth-order valence-corrected chi connectivity index (χ4v) is 6.97. The number of nitrogens with zero attached hydrogens (tertiary/aromatic N) is 2. The summed E-state index contributed by atoms with van der Waals surface area (Å²) in [5.74, 6) is -0.957. The van der Waals surface area contributed by atoms with Crippen LogP contribution in [0.2, 0.25) is 0 Å². The SMILES string of the molecule is CCOc1ccccc1N(CC(=O)N(Cc1ccc(F)cc1)C(CC)C(=O)NC1CCCCC1)S(=O)(=O)c1ccc(C)cc1. The maximum atomic E-state index is 14.3. The lowest BCUT2D eigenvalue weighted by atomic mass is 9.95. The zero-order valence-corrected chi connectivity index (χ0v) is 26.5. The summed E-state index contributed by atoms with van der Waals surface area (Å²) >= 11 is 0. The lowest BCUT2D eigenvalue weighted by Gasteiger charge is -2.34. The largest absolute Gasteiger partial charge is 0.492 e. The molecule has 1 unspecified atom stereocenters. The molecule has 0 spiro atoms. The smallest absolute Gasteiger partial charge is 0.264 e. The molecule has 2 amide bonds. The normalized spacial score (nSPS) is 14.5. The molecule has 8 nitrogen and oxygen atoms in total. The van der Waals surface area contributed by atoms with Crippen molar-refractivity contribution in [1.82, 2.24) is 10.2 Å². The van der Waals surface area contributed by atoms with Gasteiger partial charge in [-0.3, -0.25) is 13.9 Å². The second-order valence-corrected chi connectivity index (χ2v) is 13.0. The van der Waals surface area contributed by atoms with Gasteiger partial charge >= 0.3 is 0 Å². The molecule has 1 aliphatic carbocycles. The summed E-state index contributed by atoms with van der Waals surface area (Å²) in [4.78, 5) is 29.4. The molecular formula is C34H42FN3O5S. The second kappa shape index (κ2) is 15.2. The summed E-state index contributed by atoms with van der Waals surface area (Å²) in [6.07, 6.45) is 5.27. The van der Waals surface area contributed by atoms with E-state index >= 15 is 0 Å². The van der Waals surface area contributed by atoms with E-state index in [1.807, 2.05) is 13.8 Å². The minimum absolute atomic E-state index is 0.00122. The Kier molecular flexibility index (Phi) is 11.4. The molecule has 4 rings (SSSR count). The van der Waals surface area contributed by atoms with Gasteiger partial charge in [0.15, 0.2) is 0 Å². The summed E-state index contributed by atoms with van der Waals surface area (Å²) < 4.78 is 48.9. The molecule has 0 bridgehead atoms. The third kappa shape index (κ3) is 8.16. The van der Waals surface area contributed by atoms with E-state index in [-0.39, 0.29) is 29.1 Å². The topological polar surface area (TPSA) is 96.0 Å². The first-order valence-corrected chi connectivity index (χ1v) is 16.7. The molecule has 1 aliphatic rings. The third-order valence-electron chi connectivity index (χ3n) is 7.93. The Bertz CT molecular complexity index is 1510. The molecule has 0 aliphatic heterocycles. The number of carbonyl (C=O) groups is 2. The van der Waals surface area contributed by atoms with Crippen LogP contribution in [0.25, 0.3) is 0 Å². The summed E-state index contributed by atoms with van der Waals surface area (Å²) in [6, 6.07) is 18.0. The van der Waals surface area contributed by atoms with Crippen LogP contribution < -0.4 is 14.4 Å². The maximum Gasteiger partial charge on any atom is 0.264 e. The molecule has 1 saturated carbocycles. The van der Waals surface area contributed by atoms with Crippen molar-refractivity contribution in [3.63, 3.8) is 0 Å². The highest BCUT2D eigenvalue weighted by Crippen LogP contribution is 2.33. The van der Waals surface area contributed by atoms with Gasteiger partial charge in [0.2, 0.25) is 11.8 Å². The predicted molar refractivity (Wildman–Crippen MR) is 169 cm³/mol. The van der Waals surface area contributed by atoms with Crippen molar-refractivity contribution >= 4 is 27.5 Å². The molecule has 0 radical (unpaired) electrons. The molecular weight excluding hydrogens is 581 g/mol. The van der Waals surface area contributed by atoms with Crippen molar-refractivity contribution in [2.45, 2.75) is 82.8 Å². The molecule has 44 heavy (non-hydrogen) atoms. The van der Waals surface area contributed by atoms with Crippen LogP contribution in [-0.4, -0.2) is 50.4 Å². The van der Waals surface area contributed by atoms with Crippen LogP contribution in [0, 0.1) is 12.7 Å². The highest BCUT2D eigenvalue weighted by atomic mass is 32.2. The molecule has 0 saturated heterocycles. The Morgan fingerprint density at radius 3 is 2.25 bits per heavy atom. The van der Waals surface area contributed by atoms with E-state index < -0.39 is 34.3 Å². The van der Waals surface area contributed by atoms with Gasteiger partial charge in [0, 0.05) is 12.6 Å². The first-order chi connectivity index (χ1) is 21.1. The van der Waals surface area contributed by atoms with Crippen molar-refractivity contribution in [1.29, 1.82) is 0 Å². The van der Waals surface area contributed by atoms with Crippen molar-refractivity contribution in [2.75, 3.05) is 17.5 Å². The fraction of sp³-hybridized carbons (Fsp3) is 0.412. The molecule has 1 atom stereocenters. The number of aryl methyl sites for hydroxylation is 1. The molecule has 0 heterocycles. The highest BCUT2D eigenvalue weighted by Gasteiger charge is 2.35. The van der Waals surface area contributed by atoms with Gasteiger partial charge in [0.1, 0.15) is 24.2 Å². The zero-order chi connectivity index (χ0) is 31.7. The minimum atomic E-state index is -4.24. The molecule has 3 aromatic carbocycles.